The Morgan fingerprint density at radius 3 is 2.50 bits per heavy atom. The van der Waals surface area contributed by atoms with Crippen molar-refractivity contribution >= 4 is 11.6 Å². The first-order valence-electron chi connectivity index (χ1n) is 1.63. The first-order chi connectivity index (χ1) is 2.81. The molecule has 0 rings (SSSR count). The topological polar surface area (TPSA) is 0 Å². The Morgan fingerprint density at radius 2 is 2.50 bits per heavy atom. The van der Waals surface area contributed by atoms with Crippen molar-refractivity contribution in [3.8, 4) is 0 Å². The number of hydrogen-bond donors (Lipinski definition) is 0. The molecule has 0 atom stereocenters. The molecule has 0 spiro atoms. The zero-order valence-electron chi connectivity index (χ0n) is 3.54. The highest BCUT2D eigenvalue weighted by atomic mass is 35.5. The number of rotatable bonds is 1. The molecule has 0 aromatic carbocycles. The number of alkyl halides is 1. The molecule has 0 heterocycles. The predicted octanol–water partition coefficient (Wildman–Crippen LogP) is 2.10. The molecule has 0 radical (unpaired) electrons. The molecule has 0 aromatic rings. The van der Waals surface area contributed by atoms with Crippen LogP contribution < -0.4 is 0 Å². The van der Waals surface area contributed by atoms with Crippen molar-refractivity contribution in [3.63, 3.8) is 0 Å². The van der Waals surface area contributed by atoms with Gasteiger partial charge >= 0.3 is 0 Å². The van der Waals surface area contributed by atoms with E-state index in [2.05, 4.69) is 0 Å². The van der Waals surface area contributed by atoms with Crippen LogP contribution in [0.5, 0.6) is 0 Å². The molecule has 0 fully saturated rings. The van der Waals surface area contributed by atoms with E-state index >= 15 is 0 Å². The van der Waals surface area contributed by atoms with E-state index in [0.29, 0.717) is 11.9 Å². The minimum Gasteiger partial charge on any atom is -0.216 e. The van der Waals surface area contributed by atoms with Gasteiger partial charge in [-0.1, -0.05) is 0 Å². The van der Waals surface area contributed by atoms with Gasteiger partial charge in [-0.25, -0.2) is 4.39 Å². The summed E-state index contributed by atoms with van der Waals surface area (Å²) in [6.45, 7) is 1.63. The molecule has 0 aliphatic rings. The Balaban J connectivity index is 3.22. The highest BCUT2D eigenvalue weighted by molar-refractivity contribution is 6.19. The van der Waals surface area contributed by atoms with Crippen molar-refractivity contribution in [3.05, 3.63) is 11.9 Å². The Kier molecular flexibility index (Phi) is 3.14. The van der Waals surface area contributed by atoms with Gasteiger partial charge in [0.15, 0.2) is 0 Å². The van der Waals surface area contributed by atoms with Crippen LogP contribution in [0.4, 0.5) is 4.39 Å². The largest absolute Gasteiger partial charge is 0.216 e. The number of hydrogen-bond acceptors (Lipinski definition) is 0. The van der Waals surface area contributed by atoms with Gasteiger partial charge in [0.1, 0.15) is 0 Å². The molecule has 0 nitrogen and oxygen atoms in total. The van der Waals surface area contributed by atoms with Crippen molar-refractivity contribution < 1.29 is 4.39 Å². The van der Waals surface area contributed by atoms with Crippen molar-refractivity contribution in [2.24, 2.45) is 0 Å². The molecule has 0 N–H and O–H groups in total. The molecular weight excluding hydrogens is 102 g/mol. The second-order valence-electron chi connectivity index (χ2n) is 1.09. The molecule has 0 aromatic heterocycles. The van der Waals surface area contributed by atoms with E-state index in [-0.39, 0.29) is 5.88 Å². The van der Waals surface area contributed by atoms with Crippen molar-refractivity contribution in [1.82, 2.24) is 0 Å². The standard InChI is InChI=1S/C4H6ClF/c1-4(2-5)3-6/h3H,2H2,1H3/b4-3+. The Morgan fingerprint density at radius 1 is 2.00 bits per heavy atom. The molecular formula is C4H6ClF. The van der Waals surface area contributed by atoms with Crippen LogP contribution in [-0.4, -0.2) is 5.88 Å². The fourth-order valence-corrected chi connectivity index (χ4v) is 0.0875. The maximum atomic E-state index is 11.1. The maximum Gasteiger partial charge on any atom is 0.0868 e. The van der Waals surface area contributed by atoms with E-state index in [1.807, 2.05) is 0 Å². The highest BCUT2D eigenvalue weighted by Crippen LogP contribution is 1.93. The Labute approximate surface area is 41.6 Å². The Bertz CT molecular complexity index is 58.6. The van der Waals surface area contributed by atoms with Crippen LogP contribution in [0, 0.1) is 0 Å². The number of allylic oxidation sites excluding steroid dienone is 1. The van der Waals surface area contributed by atoms with Gasteiger partial charge in [0.25, 0.3) is 0 Å². The average molecular weight is 109 g/mol. The van der Waals surface area contributed by atoms with Gasteiger partial charge in [-0.3, -0.25) is 0 Å². The molecule has 0 aliphatic heterocycles. The summed E-state index contributed by atoms with van der Waals surface area (Å²) < 4.78 is 11.1. The third-order valence-electron chi connectivity index (χ3n) is 0.397. The van der Waals surface area contributed by atoms with E-state index in [1.165, 1.54) is 0 Å². The van der Waals surface area contributed by atoms with Gasteiger partial charge in [-0.15, -0.1) is 11.6 Å². The zero-order chi connectivity index (χ0) is 4.99. The van der Waals surface area contributed by atoms with Crippen LogP contribution in [-0.2, 0) is 0 Å². The molecule has 6 heavy (non-hydrogen) atoms. The fraction of sp³-hybridized carbons (Fsp3) is 0.500. The summed E-state index contributed by atoms with van der Waals surface area (Å²) in [5.41, 5.74) is 0.566. The second kappa shape index (κ2) is 3.16. The second-order valence-corrected chi connectivity index (χ2v) is 1.36. The van der Waals surface area contributed by atoms with Crippen molar-refractivity contribution in [2.45, 2.75) is 6.92 Å². The maximum absolute atomic E-state index is 11.1. The summed E-state index contributed by atoms with van der Waals surface area (Å²) in [4.78, 5) is 0. The third kappa shape index (κ3) is 2.21. The molecule has 0 aliphatic carbocycles. The first kappa shape index (κ1) is 5.96. The fourth-order valence-electron chi connectivity index (χ4n) is 0.0292. The molecule has 2 heteroatoms. The normalized spacial score (nSPS) is 12.2. The minimum atomic E-state index is 0.288. The van der Waals surface area contributed by atoms with Crippen LogP contribution in [0.15, 0.2) is 11.9 Å². The quantitative estimate of drug-likeness (QED) is 0.452. The van der Waals surface area contributed by atoms with E-state index < -0.39 is 0 Å². The van der Waals surface area contributed by atoms with Crippen LogP contribution >= 0.6 is 11.6 Å². The lowest BCUT2D eigenvalue weighted by Crippen LogP contribution is -1.69. The van der Waals surface area contributed by atoms with Gasteiger partial charge in [-0.2, -0.15) is 0 Å². The molecule has 36 valence electrons. The van der Waals surface area contributed by atoms with Crippen molar-refractivity contribution in [2.75, 3.05) is 5.88 Å². The van der Waals surface area contributed by atoms with E-state index in [1.54, 1.807) is 6.92 Å². The third-order valence-corrected chi connectivity index (χ3v) is 0.819. The average Bonchev–Trinajstić information content (AvgIpc) is 1.65. The zero-order valence-corrected chi connectivity index (χ0v) is 4.30. The molecule has 0 saturated carbocycles. The van der Waals surface area contributed by atoms with E-state index in [4.69, 9.17) is 11.6 Å². The van der Waals surface area contributed by atoms with E-state index in [9.17, 15) is 4.39 Å². The lowest BCUT2D eigenvalue weighted by molar-refractivity contribution is 0.710. The van der Waals surface area contributed by atoms with Gasteiger partial charge in [-0.05, 0) is 12.5 Å². The lowest BCUT2D eigenvalue weighted by Gasteiger charge is -1.80. The van der Waals surface area contributed by atoms with Crippen LogP contribution in [0.25, 0.3) is 0 Å². The summed E-state index contributed by atoms with van der Waals surface area (Å²) in [7, 11) is 0. The molecule has 0 bridgehead atoms. The highest BCUT2D eigenvalue weighted by Gasteiger charge is 1.78. The summed E-state index contributed by atoms with van der Waals surface area (Å²) in [5.74, 6) is 0.288. The van der Waals surface area contributed by atoms with Gasteiger partial charge in [0, 0.05) is 5.88 Å². The smallest absolute Gasteiger partial charge is 0.0868 e. The first-order valence-corrected chi connectivity index (χ1v) is 2.16. The minimum absolute atomic E-state index is 0.288. The SMILES string of the molecule is C/C(=C\F)CCl. The summed E-state index contributed by atoms with van der Waals surface area (Å²) in [5, 5.41) is 0. The van der Waals surface area contributed by atoms with Gasteiger partial charge < -0.3 is 0 Å². The monoisotopic (exact) mass is 108 g/mol. The lowest BCUT2D eigenvalue weighted by atomic mass is 10.4. The van der Waals surface area contributed by atoms with Gasteiger partial charge in [0.05, 0.1) is 6.33 Å². The van der Waals surface area contributed by atoms with Crippen LogP contribution in [0.3, 0.4) is 0 Å². The summed E-state index contributed by atoms with van der Waals surface area (Å²) >= 11 is 5.14. The summed E-state index contributed by atoms with van der Waals surface area (Å²) in [6.07, 6.45) is 0.507. The van der Waals surface area contributed by atoms with E-state index in [0.717, 1.165) is 0 Å². The summed E-state index contributed by atoms with van der Waals surface area (Å²) in [6, 6.07) is 0. The Hall–Kier alpha value is -0.0400. The molecule has 0 amide bonds. The van der Waals surface area contributed by atoms with Crippen molar-refractivity contribution in [1.29, 1.82) is 0 Å². The van der Waals surface area contributed by atoms with Crippen LogP contribution in [0.2, 0.25) is 0 Å². The molecule has 0 saturated heterocycles. The predicted molar refractivity (Wildman–Crippen MR) is 25.6 cm³/mol. The molecule has 0 unspecified atom stereocenters. The van der Waals surface area contributed by atoms with Gasteiger partial charge in [0.2, 0.25) is 0 Å². The van der Waals surface area contributed by atoms with Crippen LogP contribution in [0.1, 0.15) is 6.92 Å². The number of halogens is 2.